The standard InChI is InChI=1S/C30H35Cl2N5O3S/c1-21-8-4-5-9-23(21)24-18-22(41(39,40)36-16-14-35(15-17-36)13-7-12-34(2)3)19-28-25(24)20-33-30(38)37(28)29-26(31)10-6-11-27(29)32/h4-6,8-11,18-19H,7,12-17,20H2,1-3H3,(H,33,38). The Hall–Kier alpha value is -2.66. The van der Waals surface area contributed by atoms with Crippen LogP contribution >= 0.6 is 23.2 Å². The second-order valence-electron chi connectivity index (χ2n) is 10.8. The molecule has 1 N–H and O–H groups in total. The topological polar surface area (TPSA) is 76.2 Å². The molecule has 3 aromatic rings. The molecule has 0 unspecified atom stereocenters. The number of halogens is 2. The Morgan fingerprint density at radius 3 is 2.27 bits per heavy atom. The van der Waals surface area contributed by atoms with Crippen LogP contribution in [-0.4, -0.2) is 81.9 Å². The molecule has 0 aromatic heterocycles. The number of amides is 2. The van der Waals surface area contributed by atoms with E-state index in [0.29, 0.717) is 37.6 Å². The van der Waals surface area contributed by atoms with Crippen LogP contribution in [0.3, 0.4) is 0 Å². The second-order valence-corrected chi connectivity index (χ2v) is 13.5. The van der Waals surface area contributed by atoms with Crippen LogP contribution in [-0.2, 0) is 16.6 Å². The van der Waals surface area contributed by atoms with Gasteiger partial charge in [0.15, 0.2) is 0 Å². The van der Waals surface area contributed by atoms with E-state index in [0.717, 1.165) is 41.8 Å². The minimum atomic E-state index is -3.87. The van der Waals surface area contributed by atoms with Crippen LogP contribution in [0.2, 0.25) is 10.0 Å². The number of hydrogen-bond acceptors (Lipinski definition) is 5. The van der Waals surface area contributed by atoms with Crippen LogP contribution in [0.15, 0.2) is 59.5 Å². The van der Waals surface area contributed by atoms with Crippen molar-refractivity contribution in [3.05, 3.63) is 75.8 Å². The highest BCUT2D eigenvalue weighted by Gasteiger charge is 2.35. The third-order valence-electron chi connectivity index (χ3n) is 7.71. The SMILES string of the molecule is Cc1ccccc1-c1cc(S(=O)(=O)N2CCN(CCCN(C)C)CC2)cc2c1CNC(=O)N2c1c(Cl)cccc1Cl. The van der Waals surface area contributed by atoms with Crippen molar-refractivity contribution in [2.75, 3.05) is 58.3 Å². The van der Waals surface area contributed by atoms with Gasteiger partial charge in [0.2, 0.25) is 10.0 Å². The molecule has 0 atom stereocenters. The second kappa shape index (κ2) is 12.3. The molecule has 3 aromatic carbocycles. The summed E-state index contributed by atoms with van der Waals surface area (Å²) in [6.07, 6.45) is 1.03. The molecule has 1 fully saturated rings. The number of piperazine rings is 1. The van der Waals surface area contributed by atoms with Gasteiger partial charge in [-0.25, -0.2) is 13.2 Å². The van der Waals surface area contributed by atoms with Crippen molar-refractivity contribution in [3.8, 4) is 11.1 Å². The van der Waals surface area contributed by atoms with Gasteiger partial charge in [-0.3, -0.25) is 4.90 Å². The molecule has 2 aliphatic heterocycles. The number of benzene rings is 3. The zero-order valence-electron chi connectivity index (χ0n) is 23.5. The average molecular weight is 617 g/mol. The first kappa shape index (κ1) is 29.8. The molecule has 0 aliphatic carbocycles. The van der Waals surface area contributed by atoms with Gasteiger partial charge >= 0.3 is 6.03 Å². The van der Waals surface area contributed by atoms with Crippen molar-refractivity contribution in [3.63, 3.8) is 0 Å². The summed E-state index contributed by atoms with van der Waals surface area (Å²) < 4.78 is 29.8. The molecule has 5 rings (SSSR count). The van der Waals surface area contributed by atoms with E-state index in [1.165, 1.54) is 4.90 Å². The maximum absolute atomic E-state index is 14.1. The molecule has 0 spiro atoms. The van der Waals surface area contributed by atoms with Gasteiger partial charge < -0.3 is 15.1 Å². The third kappa shape index (κ3) is 6.11. The van der Waals surface area contributed by atoms with Crippen molar-refractivity contribution >= 4 is 50.6 Å². The number of carbonyl (C=O) groups is 1. The van der Waals surface area contributed by atoms with Crippen molar-refractivity contribution in [2.24, 2.45) is 0 Å². The van der Waals surface area contributed by atoms with Gasteiger partial charge in [-0.1, -0.05) is 53.5 Å². The zero-order valence-corrected chi connectivity index (χ0v) is 25.9. The normalized spacial score (nSPS) is 16.6. The molecule has 0 radical (unpaired) electrons. The van der Waals surface area contributed by atoms with Crippen molar-refractivity contribution in [1.82, 2.24) is 19.4 Å². The fraction of sp³-hybridized carbons (Fsp3) is 0.367. The van der Waals surface area contributed by atoms with E-state index in [-0.39, 0.29) is 21.5 Å². The first-order valence-corrected chi connectivity index (χ1v) is 15.9. The van der Waals surface area contributed by atoms with E-state index >= 15 is 0 Å². The van der Waals surface area contributed by atoms with Gasteiger partial charge in [0, 0.05) is 38.3 Å². The zero-order chi connectivity index (χ0) is 29.3. The molecule has 11 heteroatoms. The van der Waals surface area contributed by atoms with Gasteiger partial charge in [0.25, 0.3) is 0 Å². The number of nitrogens with zero attached hydrogens (tertiary/aromatic N) is 4. The van der Waals surface area contributed by atoms with Gasteiger partial charge in [0.1, 0.15) is 0 Å². The Morgan fingerprint density at radius 2 is 1.61 bits per heavy atom. The van der Waals surface area contributed by atoms with E-state index in [1.54, 1.807) is 34.6 Å². The van der Waals surface area contributed by atoms with Crippen LogP contribution in [0.1, 0.15) is 17.5 Å². The molecule has 1 saturated heterocycles. The van der Waals surface area contributed by atoms with Crippen LogP contribution in [0.5, 0.6) is 0 Å². The molecule has 0 saturated carbocycles. The molecule has 8 nitrogen and oxygen atoms in total. The van der Waals surface area contributed by atoms with Crippen molar-refractivity contribution in [1.29, 1.82) is 0 Å². The van der Waals surface area contributed by atoms with E-state index in [1.807, 2.05) is 31.2 Å². The van der Waals surface area contributed by atoms with E-state index in [4.69, 9.17) is 23.2 Å². The Balaban J connectivity index is 1.58. The number of carbonyl (C=O) groups excluding carboxylic acids is 1. The first-order valence-electron chi connectivity index (χ1n) is 13.7. The number of fused-ring (bicyclic) bond motifs is 1. The number of sulfonamides is 1. The highest BCUT2D eigenvalue weighted by atomic mass is 35.5. The molecule has 218 valence electrons. The number of rotatable bonds is 8. The summed E-state index contributed by atoms with van der Waals surface area (Å²) >= 11 is 13.1. The Kier molecular flexibility index (Phi) is 8.94. The fourth-order valence-electron chi connectivity index (χ4n) is 5.51. The summed E-state index contributed by atoms with van der Waals surface area (Å²) in [6, 6.07) is 15.8. The van der Waals surface area contributed by atoms with E-state index < -0.39 is 16.1 Å². The molecule has 2 aliphatic rings. The van der Waals surface area contributed by atoms with Gasteiger partial charge in [-0.2, -0.15) is 4.31 Å². The predicted molar refractivity (Wildman–Crippen MR) is 166 cm³/mol. The lowest BCUT2D eigenvalue weighted by molar-refractivity contribution is 0.181. The quantitative estimate of drug-likeness (QED) is 0.358. The summed E-state index contributed by atoms with van der Waals surface area (Å²) in [4.78, 5) is 19.3. The molecule has 2 heterocycles. The number of anilines is 2. The molecule has 41 heavy (non-hydrogen) atoms. The largest absolute Gasteiger partial charge is 0.333 e. The van der Waals surface area contributed by atoms with Crippen molar-refractivity contribution < 1.29 is 13.2 Å². The Labute approximate surface area is 252 Å². The minimum Gasteiger partial charge on any atom is -0.333 e. The lowest BCUT2D eigenvalue weighted by Gasteiger charge is -2.35. The van der Waals surface area contributed by atoms with Gasteiger partial charge in [-0.15, -0.1) is 0 Å². The Bertz CT molecular complexity index is 1540. The lowest BCUT2D eigenvalue weighted by Crippen LogP contribution is -2.49. The number of para-hydroxylation sites is 1. The predicted octanol–water partition coefficient (Wildman–Crippen LogP) is 5.59. The number of hydrogen-bond donors (Lipinski definition) is 1. The maximum Gasteiger partial charge on any atom is 0.326 e. The van der Waals surface area contributed by atoms with E-state index in [9.17, 15) is 13.2 Å². The highest BCUT2D eigenvalue weighted by Crippen LogP contribution is 2.45. The van der Waals surface area contributed by atoms with Crippen LogP contribution in [0.25, 0.3) is 11.1 Å². The van der Waals surface area contributed by atoms with Crippen LogP contribution in [0.4, 0.5) is 16.2 Å². The summed E-state index contributed by atoms with van der Waals surface area (Å²) in [5.41, 5.74) is 4.19. The lowest BCUT2D eigenvalue weighted by atomic mass is 9.93. The fourth-order valence-corrected chi connectivity index (χ4v) is 7.55. The minimum absolute atomic E-state index is 0.137. The smallest absolute Gasteiger partial charge is 0.326 e. The van der Waals surface area contributed by atoms with Gasteiger partial charge in [0.05, 0.1) is 26.3 Å². The van der Waals surface area contributed by atoms with Crippen molar-refractivity contribution in [2.45, 2.75) is 24.8 Å². The summed E-state index contributed by atoms with van der Waals surface area (Å²) in [7, 11) is 0.243. The first-order chi connectivity index (χ1) is 19.6. The molecular formula is C30H35Cl2N5O3S. The molecule has 2 amide bonds. The molecule has 0 bridgehead atoms. The Morgan fingerprint density at radius 1 is 0.927 bits per heavy atom. The highest BCUT2D eigenvalue weighted by molar-refractivity contribution is 7.89. The number of urea groups is 1. The van der Waals surface area contributed by atoms with Gasteiger partial charge in [-0.05, 0) is 81.5 Å². The monoisotopic (exact) mass is 615 g/mol. The average Bonchev–Trinajstić information content (AvgIpc) is 2.94. The molecular weight excluding hydrogens is 581 g/mol. The van der Waals surface area contributed by atoms with Crippen LogP contribution < -0.4 is 10.2 Å². The maximum atomic E-state index is 14.1. The summed E-state index contributed by atoms with van der Waals surface area (Å²) in [5, 5.41) is 3.50. The van der Waals surface area contributed by atoms with Crippen LogP contribution in [0, 0.1) is 6.92 Å². The summed E-state index contributed by atoms with van der Waals surface area (Å²) in [6.45, 7) is 6.31. The van der Waals surface area contributed by atoms with E-state index in [2.05, 4.69) is 29.2 Å². The number of aryl methyl sites for hydroxylation is 1. The summed E-state index contributed by atoms with van der Waals surface area (Å²) in [5.74, 6) is 0. The third-order valence-corrected chi connectivity index (χ3v) is 10.2. The number of nitrogens with one attached hydrogen (secondary N) is 1.